The number of alkyl halides is 3. The van der Waals surface area contributed by atoms with Gasteiger partial charge in [-0.3, -0.25) is 4.79 Å². The van der Waals surface area contributed by atoms with E-state index in [0.717, 1.165) is 4.68 Å². The molecule has 0 bridgehead atoms. The van der Waals surface area contributed by atoms with E-state index in [1.807, 2.05) is 0 Å². The number of nitrogens with zero attached hydrogens (tertiary/aromatic N) is 2. The van der Waals surface area contributed by atoms with Crippen molar-refractivity contribution in [2.45, 2.75) is 24.7 Å². The van der Waals surface area contributed by atoms with E-state index in [1.165, 1.54) is 38.7 Å². The highest BCUT2D eigenvalue weighted by molar-refractivity contribution is 6.32. The number of fused-ring (bicyclic) bond motifs is 1. The summed E-state index contributed by atoms with van der Waals surface area (Å²) in [7, 11) is 2.79. The molecule has 1 aliphatic heterocycles. The van der Waals surface area contributed by atoms with Crippen LogP contribution in [0.5, 0.6) is 11.5 Å². The largest absolute Gasteiger partial charge is 0.495 e. The highest BCUT2D eigenvalue weighted by Crippen LogP contribution is 2.44. The lowest BCUT2D eigenvalue weighted by atomic mass is 10.0. The summed E-state index contributed by atoms with van der Waals surface area (Å²) in [6.07, 6.45) is -3.53. The van der Waals surface area contributed by atoms with Crippen LogP contribution < -0.4 is 20.1 Å². The first kappa shape index (κ1) is 21.9. The van der Waals surface area contributed by atoms with Crippen molar-refractivity contribution < 1.29 is 31.9 Å². The van der Waals surface area contributed by atoms with Crippen LogP contribution in [0.25, 0.3) is 0 Å². The maximum absolute atomic E-state index is 13.7. The second-order valence-corrected chi connectivity index (χ2v) is 7.41. The van der Waals surface area contributed by atoms with Crippen molar-refractivity contribution in [3.63, 3.8) is 0 Å². The molecule has 8 nitrogen and oxygen atoms in total. The Morgan fingerprint density at radius 3 is 2.66 bits per heavy atom. The fourth-order valence-electron chi connectivity index (χ4n) is 3.50. The Kier molecular flexibility index (Phi) is 5.68. The number of nitrogens with one attached hydrogen (secondary N) is 2. The van der Waals surface area contributed by atoms with Gasteiger partial charge in [0.1, 0.15) is 23.1 Å². The van der Waals surface area contributed by atoms with Crippen LogP contribution in [0.15, 0.2) is 41.0 Å². The molecule has 12 heteroatoms. The Morgan fingerprint density at radius 2 is 2.03 bits per heavy atom. The molecule has 0 aliphatic carbocycles. The summed E-state index contributed by atoms with van der Waals surface area (Å²) in [6, 6.07) is 4.67. The van der Waals surface area contributed by atoms with Crippen molar-refractivity contribution in [1.29, 1.82) is 0 Å². The number of hydrogen-bond acceptors (Lipinski definition) is 6. The monoisotopic (exact) mass is 470 g/mol. The molecule has 1 aromatic carbocycles. The van der Waals surface area contributed by atoms with E-state index in [0.29, 0.717) is 5.76 Å². The average molecular weight is 471 g/mol. The molecule has 0 spiro atoms. The van der Waals surface area contributed by atoms with E-state index in [-0.39, 0.29) is 40.1 Å². The molecular weight excluding hydrogens is 453 g/mol. The summed E-state index contributed by atoms with van der Waals surface area (Å²) in [5.41, 5.74) is 0.0105. The van der Waals surface area contributed by atoms with Crippen molar-refractivity contribution in [1.82, 2.24) is 9.78 Å². The van der Waals surface area contributed by atoms with E-state index in [1.54, 1.807) is 12.1 Å². The van der Waals surface area contributed by atoms with E-state index in [2.05, 4.69) is 15.7 Å². The summed E-state index contributed by atoms with van der Waals surface area (Å²) in [4.78, 5) is 12.8. The number of benzene rings is 1. The maximum atomic E-state index is 13.7. The smallest absolute Gasteiger partial charge is 0.410 e. The standard InChI is InChI=1S/C20H18ClF3N4O4/c1-30-15-7-11(16(31-2)6-10(15)21)26-19(29)13-9-18-25-12(14-4-3-5-32-14)8-17(20(22,23)24)28(18)27-13/h3-7,9,12,17,25H,8H2,1-2H3,(H,26,29)/t12-,17-/m0/s1. The average Bonchev–Trinajstić information content (AvgIpc) is 3.42. The van der Waals surface area contributed by atoms with Crippen molar-refractivity contribution in [2.24, 2.45) is 0 Å². The van der Waals surface area contributed by atoms with Gasteiger partial charge in [0, 0.05) is 24.6 Å². The van der Waals surface area contributed by atoms with Crippen LogP contribution in [-0.4, -0.2) is 36.1 Å². The number of ether oxygens (including phenoxy) is 2. The number of halogens is 4. The molecule has 0 radical (unpaired) electrons. The number of furan rings is 1. The molecule has 32 heavy (non-hydrogen) atoms. The lowest BCUT2D eigenvalue weighted by Crippen LogP contribution is -2.35. The van der Waals surface area contributed by atoms with Crippen LogP contribution in [0.4, 0.5) is 24.7 Å². The molecule has 2 N–H and O–H groups in total. The molecule has 0 saturated carbocycles. The number of carbonyl (C=O) groups excluding carboxylic acids is 1. The highest BCUT2D eigenvalue weighted by atomic mass is 35.5. The van der Waals surface area contributed by atoms with Crippen molar-refractivity contribution in [3.05, 3.63) is 53.1 Å². The molecule has 2 aromatic heterocycles. The highest BCUT2D eigenvalue weighted by Gasteiger charge is 2.47. The summed E-state index contributed by atoms with van der Waals surface area (Å²) >= 11 is 6.06. The lowest BCUT2D eigenvalue weighted by molar-refractivity contribution is -0.174. The zero-order valence-electron chi connectivity index (χ0n) is 16.9. The van der Waals surface area contributed by atoms with Gasteiger partial charge in [-0.05, 0) is 12.1 Å². The Labute approximate surface area is 185 Å². The van der Waals surface area contributed by atoms with Crippen molar-refractivity contribution in [3.8, 4) is 11.5 Å². The molecule has 3 aromatic rings. The molecule has 2 atom stereocenters. The molecule has 1 amide bonds. The minimum Gasteiger partial charge on any atom is -0.495 e. The zero-order chi connectivity index (χ0) is 23.0. The topological polar surface area (TPSA) is 90.5 Å². The lowest BCUT2D eigenvalue weighted by Gasteiger charge is -2.32. The van der Waals surface area contributed by atoms with Gasteiger partial charge in [-0.1, -0.05) is 11.6 Å². The summed E-state index contributed by atoms with van der Waals surface area (Å²) in [5, 5.41) is 9.71. The second kappa shape index (κ2) is 8.30. The van der Waals surface area contributed by atoms with Gasteiger partial charge in [-0.25, -0.2) is 4.68 Å². The van der Waals surface area contributed by atoms with Gasteiger partial charge in [0.15, 0.2) is 11.7 Å². The van der Waals surface area contributed by atoms with Gasteiger partial charge in [0.25, 0.3) is 5.91 Å². The van der Waals surface area contributed by atoms with Gasteiger partial charge < -0.3 is 24.5 Å². The first-order chi connectivity index (χ1) is 15.2. The van der Waals surface area contributed by atoms with E-state index in [9.17, 15) is 18.0 Å². The third kappa shape index (κ3) is 4.07. The fourth-order valence-corrected chi connectivity index (χ4v) is 3.74. The normalized spacial score (nSPS) is 17.9. The van der Waals surface area contributed by atoms with Crippen LogP contribution in [0.3, 0.4) is 0 Å². The maximum Gasteiger partial charge on any atom is 0.410 e. The summed E-state index contributed by atoms with van der Waals surface area (Å²) in [6.45, 7) is 0. The number of anilines is 2. The Balaban J connectivity index is 1.65. The Morgan fingerprint density at radius 1 is 1.28 bits per heavy atom. The van der Waals surface area contributed by atoms with Crippen LogP contribution >= 0.6 is 11.6 Å². The Bertz CT molecular complexity index is 1130. The predicted molar refractivity (Wildman–Crippen MR) is 110 cm³/mol. The molecule has 0 saturated heterocycles. The zero-order valence-corrected chi connectivity index (χ0v) is 17.6. The molecule has 4 rings (SSSR count). The molecule has 170 valence electrons. The molecule has 0 unspecified atom stereocenters. The van der Waals surface area contributed by atoms with Gasteiger partial charge in [-0.15, -0.1) is 0 Å². The number of amides is 1. The molecule has 1 aliphatic rings. The van der Waals surface area contributed by atoms with Crippen LogP contribution in [0.1, 0.15) is 34.8 Å². The third-order valence-corrected chi connectivity index (χ3v) is 5.33. The van der Waals surface area contributed by atoms with Crippen LogP contribution in [0.2, 0.25) is 5.02 Å². The summed E-state index contributed by atoms with van der Waals surface area (Å²) in [5.74, 6) is 0.206. The van der Waals surface area contributed by atoms with E-state index in [4.69, 9.17) is 25.5 Å². The summed E-state index contributed by atoms with van der Waals surface area (Å²) < 4.78 is 57.6. The van der Waals surface area contributed by atoms with Crippen molar-refractivity contribution >= 4 is 29.0 Å². The van der Waals surface area contributed by atoms with Gasteiger partial charge in [0.2, 0.25) is 0 Å². The number of rotatable bonds is 5. The number of hydrogen-bond donors (Lipinski definition) is 2. The molecule has 3 heterocycles. The predicted octanol–water partition coefficient (Wildman–Crippen LogP) is 5.06. The van der Waals surface area contributed by atoms with E-state index < -0.39 is 24.2 Å². The van der Waals surface area contributed by atoms with Crippen LogP contribution in [0, 0.1) is 0 Å². The number of carbonyl (C=O) groups is 1. The van der Waals surface area contributed by atoms with Gasteiger partial charge >= 0.3 is 6.18 Å². The van der Waals surface area contributed by atoms with E-state index >= 15 is 0 Å². The fraction of sp³-hybridized carbons (Fsp3) is 0.300. The first-order valence-electron chi connectivity index (χ1n) is 9.40. The van der Waals surface area contributed by atoms with Gasteiger partial charge in [-0.2, -0.15) is 18.3 Å². The quantitative estimate of drug-likeness (QED) is 0.541. The molecule has 0 fully saturated rings. The molecular formula is C20H18ClF3N4O4. The number of methoxy groups -OCH3 is 2. The SMILES string of the molecule is COc1cc(NC(=O)c2cc3n(n2)[C@H](C(F)(F)F)C[C@@H](c2ccco2)N3)c(OC)cc1Cl. The Hall–Kier alpha value is -3.34. The first-order valence-corrected chi connectivity index (χ1v) is 9.78. The van der Waals surface area contributed by atoms with Crippen molar-refractivity contribution in [2.75, 3.05) is 24.9 Å². The third-order valence-electron chi connectivity index (χ3n) is 5.03. The minimum absolute atomic E-state index is 0.0470. The second-order valence-electron chi connectivity index (χ2n) is 7.01. The van der Waals surface area contributed by atoms with Gasteiger partial charge in [0.05, 0.1) is 37.2 Å². The van der Waals surface area contributed by atoms with Crippen LogP contribution in [-0.2, 0) is 0 Å². The minimum atomic E-state index is -4.58. The number of aromatic nitrogens is 2.